The molecule has 2 aromatic rings. The van der Waals surface area contributed by atoms with Crippen molar-refractivity contribution in [2.24, 2.45) is 0 Å². The molecule has 0 aliphatic carbocycles. The Morgan fingerprint density at radius 2 is 2.05 bits per heavy atom. The van der Waals surface area contributed by atoms with Crippen molar-refractivity contribution in [2.75, 3.05) is 0 Å². The maximum atomic E-state index is 13.1. The van der Waals surface area contributed by atoms with Crippen LogP contribution in [0.15, 0.2) is 24.4 Å². The van der Waals surface area contributed by atoms with Crippen LogP contribution in [0.5, 0.6) is 0 Å². The first-order valence-electron chi connectivity index (χ1n) is 6.42. The van der Waals surface area contributed by atoms with Crippen LogP contribution in [-0.4, -0.2) is 34.4 Å². The van der Waals surface area contributed by atoms with Gasteiger partial charge in [-0.2, -0.15) is 0 Å². The first kappa shape index (κ1) is 15.9. The van der Waals surface area contributed by atoms with Gasteiger partial charge in [0.15, 0.2) is 0 Å². The third-order valence-corrected chi connectivity index (χ3v) is 3.13. The lowest BCUT2D eigenvalue weighted by atomic mass is 10.1. The molecule has 0 aliphatic rings. The molecular weight excluding hydrogens is 301 g/mol. The molecule has 5 nitrogen and oxygen atoms in total. The van der Waals surface area contributed by atoms with Crippen molar-refractivity contribution in [3.05, 3.63) is 35.8 Å². The van der Waals surface area contributed by atoms with Gasteiger partial charge in [-0.15, -0.1) is 0 Å². The van der Waals surface area contributed by atoms with E-state index < -0.39 is 36.6 Å². The first-order chi connectivity index (χ1) is 10.4. The minimum Gasteiger partial charge on any atom is -0.480 e. The Kier molecular flexibility index (Phi) is 4.69. The molecule has 0 bridgehead atoms. The van der Waals surface area contributed by atoms with Crippen LogP contribution in [0.2, 0.25) is 0 Å². The highest BCUT2D eigenvalue weighted by atomic mass is 19.3. The fraction of sp³-hybridized carbons (Fsp3) is 0.286. The zero-order valence-electron chi connectivity index (χ0n) is 11.3. The fourth-order valence-electron chi connectivity index (χ4n) is 2.12. The maximum absolute atomic E-state index is 13.1. The molecule has 0 spiro atoms. The van der Waals surface area contributed by atoms with E-state index in [0.29, 0.717) is 16.5 Å². The van der Waals surface area contributed by atoms with E-state index in [4.69, 9.17) is 5.11 Å². The molecule has 0 fully saturated rings. The van der Waals surface area contributed by atoms with Gasteiger partial charge in [0.25, 0.3) is 0 Å². The SMILES string of the molecule is O=C(Cc1c[nH]c2cc(F)ccc12)NC(CC(F)F)C(=O)O. The Morgan fingerprint density at radius 1 is 1.32 bits per heavy atom. The Balaban J connectivity index is 2.08. The summed E-state index contributed by atoms with van der Waals surface area (Å²) in [5, 5.41) is 11.5. The maximum Gasteiger partial charge on any atom is 0.326 e. The molecule has 22 heavy (non-hydrogen) atoms. The van der Waals surface area contributed by atoms with Gasteiger partial charge in [0.05, 0.1) is 6.42 Å². The number of carboxylic acid groups (broad SMARTS) is 1. The summed E-state index contributed by atoms with van der Waals surface area (Å²) in [6.45, 7) is 0. The summed E-state index contributed by atoms with van der Waals surface area (Å²) >= 11 is 0. The van der Waals surface area contributed by atoms with E-state index in [1.54, 1.807) is 0 Å². The van der Waals surface area contributed by atoms with E-state index in [1.165, 1.54) is 24.4 Å². The third kappa shape index (κ3) is 3.78. The Morgan fingerprint density at radius 3 is 2.68 bits per heavy atom. The molecule has 1 heterocycles. The van der Waals surface area contributed by atoms with Crippen LogP contribution in [0, 0.1) is 5.82 Å². The van der Waals surface area contributed by atoms with Crippen LogP contribution in [0.25, 0.3) is 10.9 Å². The number of H-pyrrole nitrogens is 1. The molecule has 1 amide bonds. The number of rotatable bonds is 6. The number of aromatic nitrogens is 1. The van der Waals surface area contributed by atoms with Gasteiger partial charge in [-0.3, -0.25) is 4.79 Å². The van der Waals surface area contributed by atoms with E-state index in [-0.39, 0.29) is 6.42 Å². The number of halogens is 3. The lowest BCUT2D eigenvalue weighted by Gasteiger charge is -2.13. The van der Waals surface area contributed by atoms with Crippen LogP contribution in [0.3, 0.4) is 0 Å². The second-order valence-corrected chi connectivity index (χ2v) is 4.77. The Hall–Kier alpha value is -2.51. The van der Waals surface area contributed by atoms with Gasteiger partial charge in [-0.05, 0) is 23.8 Å². The summed E-state index contributed by atoms with van der Waals surface area (Å²) in [4.78, 5) is 25.4. The van der Waals surface area contributed by atoms with Crippen molar-refractivity contribution in [1.82, 2.24) is 10.3 Å². The van der Waals surface area contributed by atoms with Crippen molar-refractivity contribution in [3.63, 3.8) is 0 Å². The van der Waals surface area contributed by atoms with Gasteiger partial charge in [-0.1, -0.05) is 0 Å². The van der Waals surface area contributed by atoms with Crippen LogP contribution in [0.4, 0.5) is 13.2 Å². The molecule has 1 aromatic heterocycles. The van der Waals surface area contributed by atoms with Crippen LogP contribution < -0.4 is 5.32 Å². The van der Waals surface area contributed by atoms with Crippen molar-refractivity contribution < 1.29 is 27.9 Å². The second kappa shape index (κ2) is 6.50. The van der Waals surface area contributed by atoms with Crippen LogP contribution >= 0.6 is 0 Å². The van der Waals surface area contributed by atoms with E-state index in [1.807, 2.05) is 0 Å². The number of aromatic amines is 1. The zero-order valence-corrected chi connectivity index (χ0v) is 11.3. The van der Waals surface area contributed by atoms with Crippen LogP contribution in [-0.2, 0) is 16.0 Å². The molecule has 1 aromatic carbocycles. The van der Waals surface area contributed by atoms with Gasteiger partial charge in [0.2, 0.25) is 12.3 Å². The summed E-state index contributed by atoms with van der Waals surface area (Å²) in [6, 6.07) is 2.33. The summed E-state index contributed by atoms with van der Waals surface area (Å²) < 4.78 is 37.6. The quantitative estimate of drug-likeness (QED) is 0.763. The predicted molar refractivity (Wildman–Crippen MR) is 72.1 cm³/mol. The highest BCUT2D eigenvalue weighted by Crippen LogP contribution is 2.19. The number of alkyl halides is 2. The molecular formula is C14H13F3N2O3. The van der Waals surface area contributed by atoms with Gasteiger partial charge in [-0.25, -0.2) is 18.0 Å². The average Bonchev–Trinajstić information content (AvgIpc) is 2.79. The molecule has 1 atom stereocenters. The molecule has 2 rings (SSSR count). The topological polar surface area (TPSA) is 82.2 Å². The summed E-state index contributed by atoms with van der Waals surface area (Å²) in [6.07, 6.45) is -2.50. The number of benzene rings is 1. The second-order valence-electron chi connectivity index (χ2n) is 4.77. The fourth-order valence-corrected chi connectivity index (χ4v) is 2.12. The number of hydrogen-bond acceptors (Lipinski definition) is 2. The average molecular weight is 314 g/mol. The van der Waals surface area contributed by atoms with Crippen molar-refractivity contribution in [2.45, 2.75) is 25.3 Å². The summed E-state index contributed by atoms with van der Waals surface area (Å²) in [5.74, 6) is -2.65. The molecule has 0 saturated heterocycles. The monoisotopic (exact) mass is 314 g/mol. The first-order valence-corrected chi connectivity index (χ1v) is 6.42. The smallest absolute Gasteiger partial charge is 0.326 e. The largest absolute Gasteiger partial charge is 0.480 e. The molecule has 1 unspecified atom stereocenters. The van der Waals surface area contributed by atoms with Crippen molar-refractivity contribution >= 4 is 22.8 Å². The van der Waals surface area contributed by atoms with Gasteiger partial charge in [0, 0.05) is 23.5 Å². The highest BCUT2D eigenvalue weighted by molar-refractivity contribution is 5.90. The molecule has 0 radical (unpaired) electrons. The normalized spacial score (nSPS) is 12.5. The number of carboxylic acids is 1. The molecule has 0 saturated carbocycles. The minimum absolute atomic E-state index is 0.196. The number of hydrogen-bond donors (Lipinski definition) is 3. The number of carbonyl (C=O) groups is 2. The summed E-state index contributed by atoms with van der Waals surface area (Å²) in [5.41, 5.74) is 1.01. The van der Waals surface area contributed by atoms with E-state index in [9.17, 15) is 22.8 Å². The van der Waals surface area contributed by atoms with E-state index in [0.717, 1.165) is 0 Å². The standard InChI is InChI=1S/C14H13F3N2O3/c15-8-1-2-9-7(6-18-10(9)4-8)3-13(20)19-11(14(21)22)5-12(16)17/h1-2,4,6,11-12,18H,3,5H2,(H,19,20)(H,21,22). The van der Waals surface area contributed by atoms with E-state index in [2.05, 4.69) is 10.3 Å². The third-order valence-electron chi connectivity index (χ3n) is 3.13. The lowest BCUT2D eigenvalue weighted by molar-refractivity contribution is -0.142. The molecule has 3 N–H and O–H groups in total. The zero-order chi connectivity index (χ0) is 16.3. The number of nitrogens with one attached hydrogen (secondary N) is 2. The number of carbonyl (C=O) groups excluding carboxylic acids is 1. The highest BCUT2D eigenvalue weighted by Gasteiger charge is 2.24. The number of amides is 1. The molecule has 118 valence electrons. The molecule has 8 heteroatoms. The van der Waals surface area contributed by atoms with Gasteiger partial charge >= 0.3 is 5.97 Å². The minimum atomic E-state index is -2.84. The van der Waals surface area contributed by atoms with Crippen molar-refractivity contribution in [3.8, 4) is 0 Å². The number of aliphatic carboxylic acids is 1. The number of fused-ring (bicyclic) bond motifs is 1. The Labute approximate surface area is 123 Å². The van der Waals surface area contributed by atoms with Crippen molar-refractivity contribution in [1.29, 1.82) is 0 Å². The van der Waals surface area contributed by atoms with Gasteiger partial charge in [0.1, 0.15) is 11.9 Å². The van der Waals surface area contributed by atoms with Gasteiger partial charge < -0.3 is 15.4 Å². The summed E-state index contributed by atoms with van der Waals surface area (Å²) in [7, 11) is 0. The lowest BCUT2D eigenvalue weighted by Crippen LogP contribution is -2.42. The predicted octanol–water partition coefficient (Wildman–Crippen LogP) is 2.07. The van der Waals surface area contributed by atoms with Crippen LogP contribution in [0.1, 0.15) is 12.0 Å². The Bertz CT molecular complexity index is 700. The van der Waals surface area contributed by atoms with E-state index >= 15 is 0 Å². The molecule has 0 aliphatic heterocycles.